The summed E-state index contributed by atoms with van der Waals surface area (Å²) in [6, 6.07) is 0.332. The average Bonchev–Trinajstić information content (AvgIpc) is 2.55. The van der Waals surface area contributed by atoms with Crippen molar-refractivity contribution in [1.82, 2.24) is 10.3 Å². The van der Waals surface area contributed by atoms with Gasteiger partial charge in [0.2, 0.25) is 0 Å². The third kappa shape index (κ3) is 4.23. The molecule has 0 atom stereocenters. The van der Waals surface area contributed by atoms with Crippen LogP contribution in [0.4, 0.5) is 0 Å². The molecule has 5 heteroatoms. The van der Waals surface area contributed by atoms with Crippen LogP contribution in [-0.2, 0) is 6.42 Å². The van der Waals surface area contributed by atoms with Crippen LogP contribution in [0.3, 0.4) is 0 Å². The average molecular weight is 212 g/mol. The van der Waals surface area contributed by atoms with Crippen LogP contribution >= 0.6 is 11.3 Å². The van der Waals surface area contributed by atoms with Gasteiger partial charge in [-0.15, -0.1) is 11.3 Å². The van der Waals surface area contributed by atoms with Crippen LogP contribution in [0, 0.1) is 0 Å². The molecule has 4 nitrogen and oxygen atoms in total. The van der Waals surface area contributed by atoms with E-state index in [0.29, 0.717) is 18.5 Å². The normalized spacial score (nSPS) is 12.1. The van der Waals surface area contributed by atoms with Gasteiger partial charge in [0.15, 0.2) is 5.96 Å². The molecule has 1 aromatic heterocycles. The minimum absolute atomic E-state index is 0.332. The lowest BCUT2D eigenvalue weighted by atomic mass is 10.3. The van der Waals surface area contributed by atoms with E-state index in [9.17, 15) is 0 Å². The first-order valence-corrected chi connectivity index (χ1v) is 5.56. The van der Waals surface area contributed by atoms with Crippen LogP contribution < -0.4 is 11.1 Å². The van der Waals surface area contributed by atoms with Gasteiger partial charge in [-0.3, -0.25) is 4.99 Å². The van der Waals surface area contributed by atoms with Crippen LogP contribution in [0.5, 0.6) is 0 Å². The summed E-state index contributed by atoms with van der Waals surface area (Å²) in [6.45, 7) is 4.75. The molecule has 0 saturated carbocycles. The number of aliphatic imine (C=N–C) groups is 1. The zero-order chi connectivity index (χ0) is 10.4. The van der Waals surface area contributed by atoms with Crippen molar-refractivity contribution in [2.45, 2.75) is 26.3 Å². The van der Waals surface area contributed by atoms with Crippen molar-refractivity contribution in [3.8, 4) is 0 Å². The maximum atomic E-state index is 5.64. The van der Waals surface area contributed by atoms with E-state index in [0.717, 1.165) is 12.1 Å². The summed E-state index contributed by atoms with van der Waals surface area (Å²) in [5, 5.41) is 5.06. The summed E-state index contributed by atoms with van der Waals surface area (Å²) < 4.78 is 0. The second-order valence-electron chi connectivity index (χ2n) is 3.30. The molecule has 0 spiro atoms. The highest BCUT2D eigenvalue weighted by Gasteiger charge is 1.96. The molecular weight excluding hydrogens is 196 g/mol. The second-order valence-corrected chi connectivity index (χ2v) is 4.01. The van der Waals surface area contributed by atoms with Crippen LogP contribution in [-0.4, -0.2) is 23.5 Å². The molecule has 0 aliphatic heterocycles. The van der Waals surface area contributed by atoms with Gasteiger partial charge in [0.1, 0.15) is 0 Å². The van der Waals surface area contributed by atoms with Gasteiger partial charge in [-0.05, 0) is 13.8 Å². The van der Waals surface area contributed by atoms with Crippen molar-refractivity contribution < 1.29 is 0 Å². The fourth-order valence-corrected chi connectivity index (χ4v) is 1.59. The minimum Gasteiger partial charge on any atom is -0.370 e. The Labute approximate surface area is 88.3 Å². The van der Waals surface area contributed by atoms with Gasteiger partial charge >= 0.3 is 0 Å². The molecule has 0 unspecified atom stereocenters. The third-order valence-electron chi connectivity index (χ3n) is 1.57. The molecule has 1 heterocycles. The summed E-state index contributed by atoms with van der Waals surface area (Å²) >= 11 is 1.60. The van der Waals surface area contributed by atoms with E-state index in [2.05, 4.69) is 15.3 Å². The lowest BCUT2D eigenvalue weighted by Gasteiger charge is -2.07. The number of thiazole rings is 1. The second kappa shape index (κ2) is 5.59. The first kappa shape index (κ1) is 11.0. The van der Waals surface area contributed by atoms with Gasteiger partial charge in [0.25, 0.3) is 0 Å². The third-order valence-corrected chi connectivity index (χ3v) is 2.21. The smallest absolute Gasteiger partial charge is 0.188 e. The molecule has 1 rings (SSSR count). The quantitative estimate of drug-likeness (QED) is 0.578. The fraction of sp³-hybridized carbons (Fsp3) is 0.556. The first-order chi connectivity index (χ1) is 6.68. The van der Waals surface area contributed by atoms with Crippen molar-refractivity contribution in [3.63, 3.8) is 0 Å². The van der Waals surface area contributed by atoms with E-state index in [1.807, 2.05) is 24.7 Å². The molecule has 1 aromatic rings. The molecule has 0 bridgehead atoms. The number of guanidine groups is 1. The predicted octanol–water partition coefficient (Wildman–Crippen LogP) is 0.998. The van der Waals surface area contributed by atoms with Gasteiger partial charge < -0.3 is 11.1 Å². The first-order valence-electron chi connectivity index (χ1n) is 4.62. The maximum Gasteiger partial charge on any atom is 0.188 e. The summed E-state index contributed by atoms with van der Waals surface area (Å²) in [5.41, 5.74) is 8.54. The van der Waals surface area contributed by atoms with Crippen molar-refractivity contribution >= 4 is 17.3 Å². The zero-order valence-corrected chi connectivity index (χ0v) is 9.34. The molecule has 0 aliphatic rings. The lowest BCUT2D eigenvalue weighted by molar-refractivity contribution is 0.723. The SMILES string of the molecule is CC(C)NC(N)=NCCc1cscn1. The van der Waals surface area contributed by atoms with Crippen LogP contribution in [0.2, 0.25) is 0 Å². The van der Waals surface area contributed by atoms with Crippen molar-refractivity contribution in [2.24, 2.45) is 10.7 Å². The molecule has 0 radical (unpaired) electrons. The molecule has 0 saturated heterocycles. The van der Waals surface area contributed by atoms with Crippen molar-refractivity contribution in [3.05, 3.63) is 16.6 Å². The molecule has 0 aromatic carbocycles. The number of hydrogen-bond acceptors (Lipinski definition) is 3. The topological polar surface area (TPSA) is 63.3 Å². The van der Waals surface area contributed by atoms with Gasteiger partial charge in [-0.2, -0.15) is 0 Å². The Bertz CT molecular complexity index is 279. The number of hydrogen-bond donors (Lipinski definition) is 2. The number of rotatable bonds is 4. The molecule has 78 valence electrons. The molecule has 0 fully saturated rings. The van der Waals surface area contributed by atoms with Crippen LogP contribution in [0.15, 0.2) is 15.9 Å². The Morgan fingerprint density at radius 3 is 3.07 bits per heavy atom. The van der Waals surface area contributed by atoms with Crippen LogP contribution in [0.25, 0.3) is 0 Å². The van der Waals surface area contributed by atoms with E-state index in [4.69, 9.17) is 5.73 Å². The Kier molecular flexibility index (Phi) is 4.39. The van der Waals surface area contributed by atoms with Gasteiger partial charge in [0.05, 0.1) is 11.2 Å². The number of nitrogens with zero attached hydrogens (tertiary/aromatic N) is 2. The molecule has 0 aliphatic carbocycles. The number of nitrogens with two attached hydrogens (primary N) is 1. The highest BCUT2D eigenvalue weighted by Crippen LogP contribution is 2.01. The number of aromatic nitrogens is 1. The van der Waals surface area contributed by atoms with E-state index >= 15 is 0 Å². The zero-order valence-electron chi connectivity index (χ0n) is 8.53. The van der Waals surface area contributed by atoms with E-state index in [1.54, 1.807) is 11.3 Å². The standard InChI is InChI=1S/C9H16N4S/c1-7(2)13-9(10)11-4-3-8-5-14-6-12-8/h5-7H,3-4H2,1-2H3,(H3,10,11,13). The largest absolute Gasteiger partial charge is 0.370 e. The molecule has 3 N–H and O–H groups in total. The minimum atomic E-state index is 0.332. The maximum absolute atomic E-state index is 5.64. The monoisotopic (exact) mass is 212 g/mol. The van der Waals surface area contributed by atoms with E-state index in [1.165, 1.54) is 0 Å². The fourth-order valence-electron chi connectivity index (χ4n) is 0.993. The van der Waals surface area contributed by atoms with Gasteiger partial charge in [-0.1, -0.05) is 0 Å². The Balaban J connectivity index is 2.26. The number of nitrogens with one attached hydrogen (secondary N) is 1. The summed E-state index contributed by atoms with van der Waals surface area (Å²) in [5.74, 6) is 0.509. The van der Waals surface area contributed by atoms with Gasteiger partial charge in [0, 0.05) is 24.4 Å². The summed E-state index contributed by atoms with van der Waals surface area (Å²) in [6.07, 6.45) is 0.851. The van der Waals surface area contributed by atoms with Crippen molar-refractivity contribution in [1.29, 1.82) is 0 Å². The van der Waals surface area contributed by atoms with Gasteiger partial charge in [-0.25, -0.2) is 4.98 Å². The van der Waals surface area contributed by atoms with Crippen molar-refractivity contribution in [2.75, 3.05) is 6.54 Å². The molecular formula is C9H16N4S. The van der Waals surface area contributed by atoms with E-state index < -0.39 is 0 Å². The lowest BCUT2D eigenvalue weighted by Crippen LogP contribution is -2.36. The van der Waals surface area contributed by atoms with E-state index in [-0.39, 0.29) is 0 Å². The predicted molar refractivity (Wildman–Crippen MR) is 60.6 cm³/mol. The highest BCUT2D eigenvalue weighted by atomic mass is 32.1. The Morgan fingerprint density at radius 1 is 1.71 bits per heavy atom. The molecule has 0 amide bonds. The summed E-state index contributed by atoms with van der Waals surface area (Å²) in [4.78, 5) is 8.35. The Hall–Kier alpha value is -1.10. The summed E-state index contributed by atoms with van der Waals surface area (Å²) in [7, 11) is 0. The molecule has 14 heavy (non-hydrogen) atoms. The Morgan fingerprint density at radius 2 is 2.50 bits per heavy atom. The highest BCUT2D eigenvalue weighted by molar-refractivity contribution is 7.07. The van der Waals surface area contributed by atoms with Crippen LogP contribution in [0.1, 0.15) is 19.5 Å².